The lowest BCUT2D eigenvalue weighted by Gasteiger charge is -2.46. The van der Waals surface area contributed by atoms with Crippen LogP contribution in [0.1, 0.15) is 34.6 Å². The average Bonchev–Trinajstić information content (AvgIpc) is 2.32. The Morgan fingerprint density at radius 2 is 2.00 bits per heavy atom. The van der Waals surface area contributed by atoms with E-state index < -0.39 is 0 Å². The number of ether oxygens (including phenoxy) is 1. The van der Waals surface area contributed by atoms with Crippen molar-refractivity contribution in [3.05, 3.63) is 0 Å². The number of hydrogen-bond donors (Lipinski definition) is 1. The van der Waals surface area contributed by atoms with Crippen LogP contribution < -0.4 is 5.32 Å². The van der Waals surface area contributed by atoms with Crippen LogP contribution in [0.5, 0.6) is 0 Å². The molecule has 1 unspecified atom stereocenters. The van der Waals surface area contributed by atoms with Crippen molar-refractivity contribution in [2.24, 2.45) is 0 Å². The van der Waals surface area contributed by atoms with Gasteiger partial charge in [-0.15, -0.1) is 0 Å². The first kappa shape index (κ1) is 17.4. The van der Waals surface area contributed by atoms with Gasteiger partial charge in [0.15, 0.2) is 0 Å². The van der Waals surface area contributed by atoms with Crippen molar-refractivity contribution in [1.29, 1.82) is 0 Å². The molecule has 1 atom stereocenters. The molecular formula is C15H31N3O2. The molecule has 118 valence electrons. The summed E-state index contributed by atoms with van der Waals surface area (Å²) in [5, 5.41) is 3.32. The summed E-state index contributed by atoms with van der Waals surface area (Å²) >= 11 is 0. The van der Waals surface area contributed by atoms with Gasteiger partial charge in [0.25, 0.3) is 0 Å². The smallest absolute Gasteiger partial charge is 0.324 e. The number of nitrogens with zero attached hydrogens (tertiary/aromatic N) is 2. The van der Waals surface area contributed by atoms with Crippen molar-refractivity contribution < 1.29 is 9.53 Å². The second-order valence-corrected chi connectivity index (χ2v) is 6.60. The molecule has 0 aromatic heterocycles. The van der Waals surface area contributed by atoms with Gasteiger partial charge in [0.2, 0.25) is 0 Å². The maximum Gasteiger partial charge on any atom is 0.324 e. The van der Waals surface area contributed by atoms with Crippen LogP contribution in [0.25, 0.3) is 0 Å². The molecule has 0 spiro atoms. The van der Waals surface area contributed by atoms with E-state index in [0.29, 0.717) is 13.2 Å². The topological polar surface area (TPSA) is 44.8 Å². The number of carbonyl (C=O) groups excluding carboxylic acids is 1. The molecule has 5 nitrogen and oxygen atoms in total. The Bertz CT molecular complexity index is 318. The van der Waals surface area contributed by atoms with Gasteiger partial charge in [0, 0.05) is 37.8 Å². The van der Waals surface area contributed by atoms with E-state index in [2.05, 4.69) is 49.9 Å². The minimum atomic E-state index is -0.242. The second kappa shape index (κ2) is 7.38. The largest absolute Gasteiger partial charge is 0.465 e. The van der Waals surface area contributed by atoms with Crippen LogP contribution in [0.2, 0.25) is 0 Å². The van der Waals surface area contributed by atoms with Gasteiger partial charge in [-0.05, 0) is 27.8 Å². The van der Waals surface area contributed by atoms with Gasteiger partial charge in [-0.1, -0.05) is 13.8 Å². The molecule has 0 aliphatic carbocycles. The fourth-order valence-corrected chi connectivity index (χ4v) is 2.60. The van der Waals surface area contributed by atoms with Crippen LogP contribution in [-0.2, 0) is 9.53 Å². The van der Waals surface area contributed by atoms with Crippen LogP contribution in [0.3, 0.4) is 0 Å². The number of carbonyl (C=O) groups is 1. The number of piperazine rings is 1. The summed E-state index contributed by atoms with van der Waals surface area (Å²) in [6.45, 7) is 14.6. The summed E-state index contributed by atoms with van der Waals surface area (Å²) in [7, 11) is 2.16. The van der Waals surface area contributed by atoms with Crippen molar-refractivity contribution >= 4 is 5.97 Å². The van der Waals surface area contributed by atoms with Crippen LogP contribution in [0.15, 0.2) is 0 Å². The third-order valence-corrected chi connectivity index (χ3v) is 3.94. The van der Waals surface area contributed by atoms with E-state index in [9.17, 15) is 4.79 Å². The van der Waals surface area contributed by atoms with Crippen LogP contribution in [0.4, 0.5) is 0 Å². The van der Waals surface area contributed by atoms with Gasteiger partial charge in [-0.25, -0.2) is 0 Å². The van der Waals surface area contributed by atoms with E-state index in [0.717, 1.165) is 19.6 Å². The van der Waals surface area contributed by atoms with E-state index >= 15 is 0 Å². The van der Waals surface area contributed by atoms with E-state index in [1.807, 2.05) is 6.92 Å². The highest BCUT2D eigenvalue weighted by Gasteiger charge is 2.33. The summed E-state index contributed by atoms with van der Waals surface area (Å²) in [4.78, 5) is 16.8. The van der Waals surface area contributed by atoms with Gasteiger partial charge in [-0.2, -0.15) is 0 Å². The molecule has 0 bridgehead atoms. The number of hydrogen-bond acceptors (Lipinski definition) is 5. The first-order valence-electron chi connectivity index (χ1n) is 7.62. The molecule has 1 saturated heterocycles. The highest BCUT2D eigenvalue weighted by atomic mass is 16.5. The van der Waals surface area contributed by atoms with Crippen LogP contribution >= 0.6 is 0 Å². The lowest BCUT2D eigenvalue weighted by atomic mass is 9.99. The third kappa shape index (κ3) is 5.04. The van der Waals surface area contributed by atoms with Gasteiger partial charge >= 0.3 is 5.97 Å². The van der Waals surface area contributed by atoms with Crippen molar-refractivity contribution in [3.8, 4) is 0 Å². The van der Waals surface area contributed by atoms with Crippen molar-refractivity contribution in [1.82, 2.24) is 15.1 Å². The Labute approximate surface area is 123 Å². The average molecular weight is 285 g/mol. The fourth-order valence-electron chi connectivity index (χ4n) is 2.60. The Morgan fingerprint density at radius 3 is 2.50 bits per heavy atom. The normalized spacial score (nSPS) is 21.9. The van der Waals surface area contributed by atoms with Gasteiger partial charge in [0.05, 0.1) is 6.61 Å². The Hall–Kier alpha value is -0.650. The van der Waals surface area contributed by atoms with Gasteiger partial charge in [-0.3, -0.25) is 14.6 Å². The van der Waals surface area contributed by atoms with Crippen LogP contribution in [-0.4, -0.2) is 73.2 Å². The summed E-state index contributed by atoms with van der Waals surface area (Å²) in [5.74, 6) is -0.141. The molecule has 0 radical (unpaired) electrons. The standard InChI is InChI=1S/C15H31N3O2/c1-7-20-14(19)13(16-12(2)3)10-18-9-8-17(6)15(4,5)11-18/h12-13,16H,7-11H2,1-6H3. The molecule has 0 aromatic carbocycles. The third-order valence-electron chi connectivity index (χ3n) is 3.94. The zero-order chi connectivity index (χ0) is 15.3. The number of rotatable bonds is 6. The molecule has 1 aliphatic heterocycles. The molecule has 1 fully saturated rings. The Balaban J connectivity index is 2.63. The predicted octanol–water partition coefficient (Wildman–Crippen LogP) is 0.942. The quantitative estimate of drug-likeness (QED) is 0.736. The zero-order valence-corrected chi connectivity index (χ0v) is 13.9. The SMILES string of the molecule is CCOC(=O)C(CN1CCN(C)C(C)(C)C1)NC(C)C. The molecule has 1 heterocycles. The first-order chi connectivity index (χ1) is 9.26. The highest BCUT2D eigenvalue weighted by molar-refractivity contribution is 5.76. The minimum Gasteiger partial charge on any atom is -0.465 e. The predicted molar refractivity (Wildman–Crippen MR) is 81.8 cm³/mol. The van der Waals surface area contributed by atoms with Crippen molar-refractivity contribution in [2.45, 2.75) is 52.2 Å². The maximum atomic E-state index is 12.1. The summed E-state index contributed by atoms with van der Waals surface area (Å²) < 4.78 is 5.18. The Morgan fingerprint density at radius 1 is 1.35 bits per heavy atom. The van der Waals surface area contributed by atoms with Gasteiger partial charge < -0.3 is 10.1 Å². The van der Waals surface area contributed by atoms with Crippen LogP contribution in [0, 0.1) is 0 Å². The molecule has 1 aliphatic rings. The maximum absolute atomic E-state index is 12.1. The molecule has 20 heavy (non-hydrogen) atoms. The molecule has 0 amide bonds. The fraction of sp³-hybridized carbons (Fsp3) is 0.933. The molecule has 1 N–H and O–H groups in total. The summed E-state index contributed by atoms with van der Waals surface area (Å²) in [6.07, 6.45) is 0. The van der Waals surface area contributed by atoms with E-state index in [4.69, 9.17) is 4.74 Å². The summed E-state index contributed by atoms with van der Waals surface area (Å²) in [5.41, 5.74) is 0.148. The monoisotopic (exact) mass is 285 g/mol. The number of likely N-dealkylation sites (N-methyl/N-ethyl adjacent to an activating group) is 1. The van der Waals surface area contributed by atoms with Gasteiger partial charge in [0.1, 0.15) is 6.04 Å². The van der Waals surface area contributed by atoms with Crippen molar-refractivity contribution in [2.75, 3.05) is 39.8 Å². The molecular weight excluding hydrogens is 254 g/mol. The Kier molecular flexibility index (Phi) is 6.43. The molecule has 1 rings (SSSR count). The number of nitrogens with one attached hydrogen (secondary N) is 1. The highest BCUT2D eigenvalue weighted by Crippen LogP contribution is 2.19. The summed E-state index contributed by atoms with van der Waals surface area (Å²) in [6, 6.07) is 0.0269. The van der Waals surface area contributed by atoms with E-state index in [1.54, 1.807) is 0 Å². The second-order valence-electron chi connectivity index (χ2n) is 6.60. The lowest BCUT2D eigenvalue weighted by molar-refractivity contribution is -0.146. The lowest BCUT2D eigenvalue weighted by Crippen LogP contribution is -2.60. The van der Waals surface area contributed by atoms with Crippen molar-refractivity contribution in [3.63, 3.8) is 0 Å². The van der Waals surface area contributed by atoms with E-state index in [-0.39, 0.29) is 23.6 Å². The molecule has 0 aromatic rings. The molecule has 5 heteroatoms. The first-order valence-corrected chi connectivity index (χ1v) is 7.62. The van der Waals surface area contributed by atoms with E-state index in [1.165, 1.54) is 0 Å². The number of esters is 1. The molecule has 0 saturated carbocycles. The minimum absolute atomic E-state index is 0.141. The zero-order valence-electron chi connectivity index (χ0n) is 13.9.